The number of carbonyl (C=O) groups excluding carboxylic acids is 1. The molecule has 0 spiro atoms. The van der Waals surface area contributed by atoms with Crippen LogP contribution in [0.2, 0.25) is 0 Å². The average molecular weight is 264 g/mol. The van der Waals surface area contributed by atoms with Crippen molar-refractivity contribution in [1.29, 1.82) is 0 Å². The fourth-order valence-corrected chi connectivity index (χ4v) is 2.74. The molecule has 4 nitrogen and oxygen atoms in total. The minimum absolute atomic E-state index is 0.165. The van der Waals surface area contributed by atoms with E-state index >= 15 is 0 Å². The molecule has 0 bridgehead atoms. The van der Waals surface area contributed by atoms with Gasteiger partial charge in [0.05, 0.1) is 38.8 Å². The van der Waals surface area contributed by atoms with Crippen molar-refractivity contribution in [2.75, 3.05) is 27.4 Å². The Morgan fingerprint density at radius 2 is 1.95 bits per heavy atom. The van der Waals surface area contributed by atoms with Crippen molar-refractivity contribution in [2.45, 2.75) is 18.8 Å². The molecule has 0 saturated carbocycles. The molecule has 2 rings (SSSR count). The lowest BCUT2D eigenvalue weighted by molar-refractivity contribution is -0.160. The van der Waals surface area contributed by atoms with Gasteiger partial charge in [-0.1, -0.05) is 19.1 Å². The molecule has 0 N–H and O–H groups in total. The normalized spacial score (nSPS) is 18.3. The van der Waals surface area contributed by atoms with Gasteiger partial charge in [-0.05, 0) is 24.1 Å². The molecule has 1 aliphatic heterocycles. The van der Waals surface area contributed by atoms with Crippen LogP contribution < -0.4 is 4.74 Å². The fourth-order valence-electron chi connectivity index (χ4n) is 2.74. The number of benzene rings is 1. The van der Waals surface area contributed by atoms with Gasteiger partial charge in [0, 0.05) is 0 Å². The molecule has 0 amide bonds. The van der Waals surface area contributed by atoms with Crippen LogP contribution in [-0.2, 0) is 19.7 Å². The molecule has 1 aromatic rings. The Hall–Kier alpha value is -1.55. The minimum Gasteiger partial charge on any atom is -0.497 e. The molecule has 1 atom stereocenters. The van der Waals surface area contributed by atoms with E-state index in [4.69, 9.17) is 14.2 Å². The number of methoxy groups -OCH3 is 2. The molecule has 104 valence electrons. The van der Waals surface area contributed by atoms with Crippen molar-refractivity contribution in [3.63, 3.8) is 0 Å². The quantitative estimate of drug-likeness (QED) is 0.764. The first-order valence-electron chi connectivity index (χ1n) is 6.48. The topological polar surface area (TPSA) is 44.8 Å². The second-order valence-corrected chi connectivity index (χ2v) is 4.86. The Labute approximate surface area is 113 Å². The van der Waals surface area contributed by atoms with E-state index in [1.165, 1.54) is 7.11 Å². The van der Waals surface area contributed by atoms with E-state index in [1.807, 2.05) is 31.2 Å². The van der Waals surface area contributed by atoms with Gasteiger partial charge in [0.2, 0.25) is 0 Å². The molecule has 1 aromatic carbocycles. The molecule has 1 fully saturated rings. The SMILES string of the molecule is CCC(C(=O)OC)C1(c2ccc(OC)cc2)COC1. The average Bonchev–Trinajstić information content (AvgIpc) is 2.42. The maximum absolute atomic E-state index is 12.0. The molecular formula is C15H20O4. The second kappa shape index (κ2) is 5.61. The molecule has 1 unspecified atom stereocenters. The van der Waals surface area contributed by atoms with Crippen LogP contribution in [0.3, 0.4) is 0 Å². The zero-order valence-corrected chi connectivity index (χ0v) is 11.6. The lowest BCUT2D eigenvalue weighted by Crippen LogP contribution is -2.54. The standard InChI is InChI=1S/C15H20O4/c1-4-13(14(16)18-3)15(9-19-10-15)11-5-7-12(17-2)8-6-11/h5-8,13H,4,9-10H2,1-3H3. The van der Waals surface area contributed by atoms with Crippen LogP contribution in [0.4, 0.5) is 0 Å². The number of esters is 1. The zero-order valence-electron chi connectivity index (χ0n) is 11.6. The van der Waals surface area contributed by atoms with E-state index in [2.05, 4.69) is 0 Å². The summed E-state index contributed by atoms with van der Waals surface area (Å²) in [5.41, 5.74) is 0.852. The van der Waals surface area contributed by atoms with Crippen LogP contribution in [0.1, 0.15) is 18.9 Å². The van der Waals surface area contributed by atoms with Crippen molar-refractivity contribution in [3.05, 3.63) is 29.8 Å². The van der Waals surface area contributed by atoms with Crippen molar-refractivity contribution in [1.82, 2.24) is 0 Å². The highest BCUT2D eigenvalue weighted by Gasteiger charge is 2.50. The molecule has 0 aromatic heterocycles. The molecule has 1 heterocycles. The largest absolute Gasteiger partial charge is 0.497 e. The molecule has 4 heteroatoms. The summed E-state index contributed by atoms with van der Waals surface area (Å²) < 4.78 is 15.5. The highest BCUT2D eigenvalue weighted by atomic mass is 16.5. The van der Waals surface area contributed by atoms with Gasteiger partial charge in [0.1, 0.15) is 5.75 Å². The molecule has 19 heavy (non-hydrogen) atoms. The first-order valence-corrected chi connectivity index (χ1v) is 6.48. The van der Waals surface area contributed by atoms with Gasteiger partial charge < -0.3 is 14.2 Å². The van der Waals surface area contributed by atoms with E-state index < -0.39 is 0 Å². The maximum atomic E-state index is 12.0. The van der Waals surface area contributed by atoms with E-state index in [1.54, 1.807) is 7.11 Å². The van der Waals surface area contributed by atoms with Crippen LogP contribution in [0.5, 0.6) is 5.75 Å². The predicted molar refractivity (Wildman–Crippen MR) is 71.3 cm³/mol. The van der Waals surface area contributed by atoms with Gasteiger partial charge in [-0.25, -0.2) is 0 Å². The molecule has 0 aliphatic carbocycles. The first kappa shape index (κ1) is 13.9. The Bertz CT molecular complexity index is 434. The lowest BCUT2D eigenvalue weighted by atomic mass is 9.67. The van der Waals surface area contributed by atoms with Gasteiger partial charge in [-0.15, -0.1) is 0 Å². The van der Waals surface area contributed by atoms with E-state index in [9.17, 15) is 4.79 Å². The summed E-state index contributed by atoms with van der Waals surface area (Å²) in [6.45, 7) is 3.13. The third kappa shape index (κ3) is 2.32. The Kier molecular flexibility index (Phi) is 4.10. The number of rotatable bonds is 5. The third-order valence-electron chi connectivity index (χ3n) is 3.95. The van der Waals surface area contributed by atoms with E-state index in [0.717, 1.165) is 17.7 Å². The predicted octanol–water partition coefficient (Wildman–Crippen LogP) is 2.16. The number of ether oxygens (including phenoxy) is 3. The van der Waals surface area contributed by atoms with Crippen molar-refractivity contribution in [3.8, 4) is 5.75 Å². The van der Waals surface area contributed by atoms with Crippen LogP contribution in [0, 0.1) is 5.92 Å². The zero-order chi connectivity index (χ0) is 13.9. The highest BCUT2D eigenvalue weighted by molar-refractivity contribution is 5.75. The van der Waals surface area contributed by atoms with Crippen LogP contribution in [-0.4, -0.2) is 33.4 Å². The van der Waals surface area contributed by atoms with Crippen LogP contribution in [0.25, 0.3) is 0 Å². The number of carbonyl (C=O) groups is 1. The molecule has 1 saturated heterocycles. The van der Waals surface area contributed by atoms with E-state index in [0.29, 0.717) is 13.2 Å². The monoisotopic (exact) mass is 264 g/mol. The van der Waals surface area contributed by atoms with E-state index in [-0.39, 0.29) is 17.3 Å². The highest BCUT2D eigenvalue weighted by Crippen LogP contribution is 2.42. The molecule has 1 aliphatic rings. The number of hydrogen-bond donors (Lipinski definition) is 0. The lowest BCUT2D eigenvalue weighted by Gasteiger charge is -2.46. The summed E-state index contributed by atoms with van der Waals surface area (Å²) >= 11 is 0. The van der Waals surface area contributed by atoms with Gasteiger partial charge in [0.25, 0.3) is 0 Å². The van der Waals surface area contributed by atoms with Crippen molar-refractivity contribution >= 4 is 5.97 Å². The summed E-state index contributed by atoms with van der Waals surface area (Å²) in [6.07, 6.45) is 0.738. The van der Waals surface area contributed by atoms with Gasteiger partial charge in [0.15, 0.2) is 0 Å². The molecule has 0 radical (unpaired) electrons. The smallest absolute Gasteiger partial charge is 0.309 e. The van der Waals surface area contributed by atoms with Crippen LogP contribution >= 0.6 is 0 Å². The van der Waals surface area contributed by atoms with Crippen LogP contribution in [0.15, 0.2) is 24.3 Å². The second-order valence-electron chi connectivity index (χ2n) is 4.86. The van der Waals surface area contributed by atoms with Gasteiger partial charge >= 0.3 is 5.97 Å². The fraction of sp³-hybridized carbons (Fsp3) is 0.533. The number of hydrogen-bond acceptors (Lipinski definition) is 4. The first-order chi connectivity index (χ1) is 9.17. The minimum atomic E-state index is -0.256. The summed E-state index contributed by atoms with van der Waals surface area (Å²) in [5, 5.41) is 0. The Balaban J connectivity index is 2.32. The maximum Gasteiger partial charge on any atom is 0.309 e. The Morgan fingerprint density at radius 1 is 1.32 bits per heavy atom. The summed E-state index contributed by atoms with van der Waals surface area (Å²) in [6, 6.07) is 7.85. The summed E-state index contributed by atoms with van der Waals surface area (Å²) in [5.74, 6) is 0.478. The summed E-state index contributed by atoms with van der Waals surface area (Å²) in [7, 11) is 3.08. The van der Waals surface area contributed by atoms with Gasteiger partial charge in [-0.2, -0.15) is 0 Å². The van der Waals surface area contributed by atoms with Crippen molar-refractivity contribution in [2.24, 2.45) is 5.92 Å². The summed E-state index contributed by atoms with van der Waals surface area (Å²) in [4.78, 5) is 12.0. The molecular weight excluding hydrogens is 244 g/mol. The third-order valence-corrected chi connectivity index (χ3v) is 3.95. The van der Waals surface area contributed by atoms with Gasteiger partial charge in [-0.3, -0.25) is 4.79 Å². The van der Waals surface area contributed by atoms with Crippen molar-refractivity contribution < 1.29 is 19.0 Å². The Morgan fingerprint density at radius 3 is 2.32 bits per heavy atom.